The molecule has 0 aliphatic carbocycles. The van der Waals surface area contributed by atoms with Crippen LogP contribution in [-0.2, 0) is 4.79 Å². The van der Waals surface area contributed by atoms with Crippen LogP contribution >= 0.6 is 15.9 Å². The van der Waals surface area contributed by atoms with E-state index in [1.54, 1.807) is 0 Å². The van der Waals surface area contributed by atoms with Gasteiger partial charge in [0.15, 0.2) is 0 Å². The Morgan fingerprint density at radius 3 is 2.78 bits per heavy atom. The van der Waals surface area contributed by atoms with E-state index in [4.69, 9.17) is 0 Å². The van der Waals surface area contributed by atoms with E-state index >= 15 is 0 Å². The molecule has 3 nitrogen and oxygen atoms in total. The molecule has 0 bridgehead atoms. The number of carbonyl (C=O) groups excluding carboxylic acids is 1. The van der Waals surface area contributed by atoms with Crippen molar-refractivity contribution in [2.75, 3.05) is 13.1 Å². The molecular formula is C14H19BrN2O. The summed E-state index contributed by atoms with van der Waals surface area (Å²) in [4.78, 5) is 12.1. The first-order chi connectivity index (χ1) is 8.66. The first kappa shape index (κ1) is 13.6. The summed E-state index contributed by atoms with van der Waals surface area (Å²) < 4.78 is 1.06. The molecule has 18 heavy (non-hydrogen) atoms. The number of halogens is 1. The number of hydrogen-bond acceptors (Lipinski definition) is 2. The summed E-state index contributed by atoms with van der Waals surface area (Å²) in [6, 6.07) is 8.13. The van der Waals surface area contributed by atoms with Gasteiger partial charge >= 0.3 is 0 Å². The Labute approximate surface area is 116 Å². The molecule has 0 spiro atoms. The lowest BCUT2D eigenvalue weighted by Crippen LogP contribution is -2.41. The minimum absolute atomic E-state index is 0.0625. The predicted molar refractivity (Wildman–Crippen MR) is 76.3 cm³/mol. The topological polar surface area (TPSA) is 41.1 Å². The number of amides is 1. The average molecular weight is 311 g/mol. The SMILES string of the molecule is C[C@H](NC(=O)[C@H]1CCCNC1)c1ccc(Br)cc1. The molecule has 98 valence electrons. The zero-order valence-electron chi connectivity index (χ0n) is 10.6. The molecule has 2 rings (SSSR count). The van der Waals surface area contributed by atoms with Crippen LogP contribution in [0.1, 0.15) is 31.4 Å². The Morgan fingerprint density at radius 2 is 2.17 bits per heavy atom. The molecule has 0 unspecified atom stereocenters. The minimum atomic E-state index is 0.0625. The molecule has 1 fully saturated rings. The van der Waals surface area contributed by atoms with Crippen LogP contribution in [-0.4, -0.2) is 19.0 Å². The van der Waals surface area contributed by atoms with Crippen LogP contribution in [0.15, 0.2) is 28.7 Å². The zero-order valence-corrected chi connectivity index (χ0v) is 12.2. The molecule has 2 atom stereocenters. The van der Waals surface area contributed by atoms with E-state index in [0.717, 1.165) is 36.0 Å². The third-order valence-corrected chi connectivity index (χ3v) is 3.93. The molecular weight excluding hydrogens is 292 g/mol. The van der Waals surface area contributed by atoms with Crippen molar-refractivity contribution in [2.24, 2.45) is 5.92 Å². The van der Waals surface area contributed by atoms with Gasteiger partial charge in [0.25, 0.3) is 0 Å². The van der Waals surface area contributed by atoms with Crippen LogP contribution in [0.2, 0.25) is 0 Å². The van der Waals surface area contributed by atoms with Gasteiger partial charge in [-0.1, -0.05) is 28.1 Å². The number of piperidine rings is 1. The number of rotatable bonds is 3. The summed E-state index contributed by atoms with van der Waals surface area (Å²) in [7, 11) is 0. The Balaban J connectivity index is 1.91. The average Bonchev–Trinajstić information content (AvgIpc) is 2.40. The molecule has 1 amide bonds. The fourth-order valence-corrected chi connectivity index (χ4v) is 2.51. The molecule has 1 aromatic carbocycles. The van der Waals surface area contributed by atoms with Crippen molar-refractivity contribution in [2.45, 2.75) is 25.8 Å². The summed E-state index contributed by atoms with van der Waals surface area (Å²) in [5, 5.41) is 6.36. The van der Waals surface area contributed by atoms with Gasteiger partial charge in [0, 0.05) is 11.0 Å². The lowest BCUT2D eigenvalue weighted by molar-refractivity contribution is -0.126. The smallest absolute Gasteiger partial charge is 0.224 e. The lowest BCUT2D eigenvalue weighted by atomic mass is 9.98. The first-order valence-corrected chi connectivity index (χ1v) is 7.22. The van der Waals surface area contributed by atoms with Crippen molar-refractivity contribution in [1.29, 1.82) is 0 Å². The molecule has 1 aromatic rings. The van der Waals surface area contributed by atoms with Crippen molar-refractivity contribution >= 4 is 21.8 Å². The van der Waals surface area contributed by atoms with E-state index in [1.807, 2.05) is 31.2 Å². The van der Waals surface area contributed by atoms with Crippen molar-refractivity contribution in [3.8, 4) is 0 Å². The fraction of sp³-hybridized carbons (Fsp3) is 0.500. The van der Waals surface area contributed by atoms with E-state index in [2.05, 4.69) is 26.6 Å². The molecule has 1 heterocycles. The van der Waals surface area contributed by atoms with Crippen molar-refractivity contribution in [3.63, 3.8) is 0 Å². The zero-order chi connectivity index (χ0) is 13.0. The predicted octanol–water partition coefficient (Wildman–Crippen LogP) is 2.63. The Hall–Kier alpha value is -0.870. The normalized spacial score (nSPS) is 21.3. The Bertz CT molecular complexity index is 399. The van der Waals surface area contributed by atoms with Crippen LogP contribution < -0.4 is 10.6 Å². The van der Waals surface area contributed by atoms with Crippen molar-refractivity contribution in [3.05, 3.63) is 34.3 Å². The van der Waals surface area contributed by atoms with Crippen LogP contribution in [0.4, 0.5) is 0 Å². The van der Waals surface area contributed by atoms with Gasteiger partial charge in [0.2, 0.25) is 5.91 Å². The molecule has 1 saturated heterocycles. The second kappa shape index (κ2) is 6.34. The van der Waals surface area contributed by atoms with Crippen LogP contribution in [0.3, 0.4) is 0 Å². The fourth-order valence-electron chi connectivity index (χ4n) is 2.24. The van der Waals surface area contributed by atoms with Gasteiger partial charge in [-0.2, -0.15) is 0 Å². The van der Waals surface area contributed by atoms with Crippen molar-refractivity contribution < 1.29 is 4.79 Å². The highest BCUT2D eigenvalue weighted by Gasteiger charge is 2.22. The monoisotopic (exact) mass is 310 g/mol. The minimum Gasteiger partial charge on any atom is -0.349 e. The van der Waals surface area contributed by atoms with E-state index in [9.17, 15) is 4.79 Å². The van der Waals surface area contributed by atoms with Crippen molar-refractivity contribution in [1.82, 2.24) is 10.6 Å². The van der Waals surface area contributed by atoms with Crippen LogP contribution in [0, 0.1) is 5.92 Å². The van der Waals surface area contributed by atoms with Gasteiger partial charge in [-0.05, 0) is 44.0 Å². The number of benzene rings is 1. The quantitative estimate of drug-likeness (QED) is 0.901. The lowest BCUT2D eigenvalue weighted by Gasteiger charge is -2.24. The van der Waals surface area contributed by atoms with E-state index in [1.165, 1.54) is 0 Å². The van der Waals surface area contributed by atoms with E-state index in [0.29, 0.717) is 0 Å². The maximum Gasteiger partial charge on any atom is 0.224 e. The second-order valence-electron chi connectivity index (χ2n) is 4.83. The molecule has 0 saturated carbocycles. The number of hydrogen-bond donors (Lipinski definition) is 2. The van der Waals surface area contributed by atoms with E-state index in [-0.39, 0.29) is 17.9 Å². The molecule has 1 aliphatic heterocycles. The van der Waals surface area contributed by atoms with Gasteiger partial charge in [-0.15, -0.1) is 0 Å². The summed E-state index contributed by atoms with van der Waals surface area (Å²) >= 11 is 3.41. The maximum atomic E-state index is 12.1. The Morgan fingerprint density at radius 1 is 1.44 bits per heavy atom. The van der Waals surface area contributed by atoms with Gasteiger partial charge in [0.1, 0.15) is 0 Å². The third-order valence-electron chi connectivity index (χ3n) is 3.40. The highest BCUT2D eigenvalue weighted by atomic mass is 79.9. The number of nitrogens with one attached hydrogen (secondary N) is 2. The number of carbonyl (C=O) groups is 1. The highest BCUT2D eigenvalue weighted by Crippen LogP contribution is 2.18. The molecule has 0 radical (unpaired) electrons. The second-order valence-corrected chi connectivity index (χ2v) is 5.74. The molecule has 4 heteroatoms. The molecule has 1 aliphatic rings. The first-order valence-electron chi connectivity index (χ1n) is 6.43. The molecule has 2 N–H and O–H groups in total. The van der Waals surface area contributed by atoms with Gasteiger partial charge in [-0.25, -0.2) is 0 Å². The van der Waals surface area contributed by atoms with E-state index < -0.39 is 0 Å². The van der Waals surface area contributed by atoms with Gasteiger partial charge in [0.05, 0.1) is 12.0 Å². The van der Waals surface area contributed by atoms with Gasteiger partial charge in [-0.3, -0.25) is 4.79 Å². The Kier molecular flexibility index (Phi) is 4.78. The largest absolute Gasteiger partial charge is 0.349 e. The highest BCUT2D eigenvalue weighted by molar-refractivity contribution is 9.10. The summed E-state index contributed by atoms with van der Waals surface area (Å²) in [5.74, 6) is 0.286. The summed E-state index contributed by atoms with van der Waals surface area (Å²) in [6.07, 6.45) is 2.08. The third kappa shape index (κ3) is 3.56. The summed E-state index contributed by atoms with van der Waals surface area (Å²) in [6.45, 7) is 3.86. The summed E-state index contributed by atoms with van der Waals surface area (Å²) in [5.41, 5.74) is 1.13. The molecule has 0 aromatic heterocycles. The standard InChI is InChI=1S/C14H19BrN2O/c1-10(11-4-6-13(15)7-5-11)17-14(18)12-3-2-8-16-9-12/h4-7,10,12,16H,2-3,8-9H2,1H3,(H,17,18)/t10-,12-/m0/s1. The van der Waals surface area contributed by atoms with Gasteiger partial charge < -0.3 is 10.6 Å². The van der Waals surface area contributed by atoms with Crippen LogP contribution in [0.25, 0.3) is 0 Å². The van der Waals surface area contributed by atoms with Crippen LogP contribution in [0.5, 0.6) is 0 Å². The maximum absolute atomic E-state index is 12.1.